The maximum Gasteiger partial charge on any atom is 0.338 e. The second kappa shape index (κ2) is 12.0. The molecule has 2 aliphatic carbocycles. The van der Waals surface area contributed by atoms with E-state index in [-0.39, 0.29) is 55.7 Å². The predicted molar refractivity (Wildman–Crippen MR) is 131 cm³/mol. The number of rotatable bonds is 11. The molecule has 0 bridgehead atoms. The van der Waals surface area contributed by atoms with E-state index in [0.717, 1.165) is 5.57 Å². The Kier molecular flexibility index (Phi) is 9.17. The third-order valence-corrected chi connectivity index (χ3v) is 8.29. The molecule has 0 aromatic carbocycles. The Morgan fingerprint density at radius 2 is 1.87 bits per heavy atom. The van der Waals surface area contributed by atoms with Crippen LogP contribution in [-0.4, -0.2) is 54.3 Å². The van der Waals surface area contributed by atoms with Crippen LogP contribution < -0.4 is 5.11 Å². The van der Waals surface area contributed by atoms with Gasteiger partial charge >= 0.3 is 23.9 Å². The molecule has 0 aromatic rings. The lowest BCUT2D eigenvalue weighted by molar-refractivity contribution is -0.305. The van der Waals surface area contributed by atoms with Gasteiger partial charge in [0.2, 0.25) is 0 Å². The standard InChI is InChI=1S/C28H36O10/c1-17-4-7-20-27(2,19(17)6-5-18-13-15-36-26(18)35)14-12-21(38-25(34)11-9-23(31)32)28(20,3)16-37-24(33)10-8-22(29)30/h5-6,13,19-21H,1,4,7-12,14-16H2,2-3H3,(H,29,30)(H,31,32)/p-1/b6-5+. The van der Waals surface area contributed by atoms with Gasteiger partial charge in [0.15, 0.2) is 0 Å². The summed E-state index contributed by atoms with van der Waals surface area (Å²) in [6, 6.07) is 0. The van der Waals surface area contributed by atoms with Gasteiger partial charge < -0.3 is 29.2 Å². The molecule has 1 N–H and O–H groups in total. The van der Waals surface area contributed by atoms with Crippen molar-refractivity contribution in [1.82, 2.24) is 0 Å². The molecule has 3 aliphatic rings. The van der Waals surface area contributed by atoms with Crippen LogP contribution in [0.4, 0.5) is 0 Å². The molecule has 1 aliphatic heterocycles. The summed E-state index contributed by atoms with van der Waals surface area (Å²) in [5.74, 6) is -4.38. The molecule has 0 aromatic heterocycles. The van der Waals surface area contributed by atoms with Gasteiger partial charge in [-0.05, 0) is 49.5 Å². The normalized spacial score (nSPS) is 30.8. The van der Waals surface area contributed by atoms with E-state index in [0.29, 0.717) is 31.3 Å². The summed E-state index contributed by atoms with van der Waals surface area (Å²) in [5, 5.41) is 19.7. The molecule has 0 spiro atoms. The van der Waals surface area contributed by atoms with E-state index in [2.05, 4.69) is 13.5 Å². The number of hydrogen-bond donors (Lipinski definition) is 1. The fourth-order valence-electron chi connectivity index (χ4n) is 6.30. The van der Waals surface area contributed by atoms with Crippen LogP contribution in [0.2, 0.25) is 0 Å². The average Bonchev–Trinajstić information content (AvgIpc) is 3.26. The lowest BCUT2D eigenvalue weighted by Crippen LogP contribution is -2.58. The van der Waals surface area contributed by atoms with Crippen molar-refractivity contribution < 1.29 is 48.4 Å². The Morgan fingerprint density at radius 1 is 1.16 bits per heavy atom. The van der Waals surface area contributed by atoms with Crippen LogP contribution in [0.3, 0.4) is 0 Å². The van der Waals surface area contributed by atoms with E-state index >= 15 is 0 Å². The summed E-state index contributed by atoms with van der Waals surface area (Å²) in [6.45, 7) is 8.44. The summed E-state index contributed by atoms with van der Waals surface area (Å²) in [4.78, 5) is 58.5. The topological polar surface area (TPSA) is 156 Å². The second-order valence-corrected chi connectivity index (χ2v) is 10.8. The minimum Gasteiger partial charge on any atom is -0.550 e. The van der Waals surface area contributed by atoms with Crippen LogP contribution in [-0.2, 0) is 38.2 Å². The molecular weight excluding hydrogens is 496 g/mol. The zero-order valence-electron chi connectivity index (χ0n) is 21.9. The third kappa shape index (κ3) is 6.52. The quantitative estimate of drug-likeness (QED) is 0.238. The number of ether oxygens (including phenoxy) is 3. The summed E-state index contributed by atoms with van der Waals surface area (Å²) >= 11 is 0. The van der Waals surface area contributed by atoms with Gasteiger partial charge in [0.1, 0.15) is 19.3 Å². The SMILES string of the molecule is C=C1CCC2C(C)(COC(=O)CCC(=O)[O-])C(OC(=O)CCC(=O)O)CCC2(C)C1/C=C/C1=CCOC1=O. The highest BCUT2D eigenvalue weighted by atomic mass is 16.6. The number of hydrogen-bond acceptors (Lipinski definition) is 9. The fourth-order valence-corrected chi connectivity index (χ4v) is 6.30. The molecule has 0 amide bonds. The first-order valence-electron chi connectivity index (χ1n) is 12.9. The van der Waals surface area contributed by atoms with Crippen molar-refractivity contribution in [2.45, 2.75) is 71.3 Å². The van der Waals surface area contributed by atoms with Gasteiger partial charge in [-0.3, -0.25) is 14.4 Å². The van der Waals surface area contributed by atoms with Gasteiger partial charge in [-0.1, -0.05) is 38.2 Å². The van der Waals surface area contributed by atoms with E-state index in [1.54, 1.807) is 12.2 Å². The van der Waals surface area contributed by atoms with Gasteiger partial charge in [0.05, 0.1) is 24.8 Å². The highest BCUT2D eigenvalue weighted by Crippen LogP contribution is 2.62. The highest BCUT2D eigenvalue weighted by molar-refractivity contribution is 5.93. The van der Waals surface area contributed by atoms with E-state index < -0.39 is 41.8 Å². The van der Waals surface area contributed by atoms with Gasteiger partial charge in [-0.15, -0.1) is 0 Å². The summed E-state index contributed by atoms with van der Waals surface area (Å²) in [6.07, 6.45) is 5.84. The van der Waals surface area contributed by atoms with E-state index in [9.17, 15) is 29.1 Å². The van der Waals surface area contributed by atoms with Gasteiger partial charge in [-0.25, -0.2) is 4.79 Å². The molecule has 0 radical (unpaired) electrons. The third-order valence-electron chi connectivity index (χ3n) is 8.29. The predicted octanol–water partition coefficient (Wildman–Crippen LogP) is 2.26. The Balaban J connectivity index is 1.88. The fraction of sp³-hybridized carbons (Fsp3) is 0.607. The van der Waals surface area contributed by atoms with E-state index in [1.165, 1.54) is 0 Å². The van der Waals surface area contributed by atoms with Crippen molar-refractivity contribution in [3.8, 4) is 0 Å². The van der Waals surface area contributed by atoms with Crippen LogP contribution >= 0.6 is 0 Å². The molecular formula is C28H35O10-. The molecule has 0 saturated heterocycles. The van der Waals surface area contributed by atoms with Crippen molar-refractivity contribution in [1.29, 1.82) is 0 Å². The number of carbonyl (C=O) groups is 5. The Bertz CT molecular complexity index is 1060. The number of cyclic esters (lactones) is 1. The number of allylic oxidation sites excluding steroid dienone is 2. The largest absolute Gasteiger partial charge is 0.550 e. The summed E-state index contributed by atoms with van der Waals surface area (Å²) < 4.78 is 16.3. The van der Waals surface area contributed by atoms with Gasteiger partial charge in [-0.2, -0.15) is 0 Å². The summed E-state index contributed by atoms with van der Waals surface area (Å²) in [5.41, 5.74) is 0.290. The zero-order chi connectivity index (χ0) is 28.1. The first kappa shape index (κ1) is 29.1. The molecule has 2 saturated carbocycles. The van der Waals surface area contributed by atoms with Gasteiger partial charge in [0, 0.05) is 17.3 Å². The van der Waals surface area contributed by atoms with Crippen LogP contribution in [0.5, 0.6) is 0 Å². The number of esters is 3. The van der Waals surface area contributed by atoms with Crippen LogP contribution in [0.15, 0.2) is 36.0 Å². The molecule has 5 unspecified atom stereocenters. The van der Waals surface area contributed by atoms with Crippen molar-refractivity contribution in [3.63, 3.8) is 0 Å². The minimum atomic E-state index is -1.36. The minimum absolute atomic E-state index is 0.0976. The number of carboxylic acid groups (broad SMARTS) is 2. The smallest absolute Gasteiger partial charge is 0.338 e. The Hall–Kier alpha value is -3.43. The average molecular weight is 532 g/mol. The van der Waals surface area contributed by atoms with Gasteiger partial charge in [0.25, 0.3) is 0 Å². The van der Waals surface area contributed by atoms with Crippen molar-refractivity contribution in [3.05, 3.63) is 36.0 Å². The molecule has 3 rings (SSSR count). The van der Waals surface area contributed by atoms with Crippen molar-refractivity contribution >= 4 is 29.8 Å². The van der Waals surface area contributed by atoms with E-state index in [1.807, 2.05) is 13.0 Å². The molecule has 208 valence electrons. The lowest BCUT2D eigenvalue weighted by Gasteiger charge is -2.59. The Labute approximate surface area is 221 Å². The monoisotopic (exact) mass is 531 g/mol. The number of aliphatic carboxylic acids is 2. The first-order chi connectivity index (χ1) is 17.9. The molecule has 10 heteroatoms. The maximum absolute atomic E-state index is 12.5. The molecule has 10 nitrogen and oxygen atoms in total. The number of fused-ring (bicyclic) bond motifs is 1. The maximum atomic E-state index is 12.5. The summed E-state index contributed by atoms with van der Waals surface area (Å²) in [7, 11) is 0. The second-order valence-electron chi connectivity index (χ2n) is 10.8. The highest BCUT2D eigenvalue weighted by Gasteiger charge is 2.59. The molecule has 1 heterocycles. The first-order valence-corrected chi connectivity index (χ1v) is 12.9. The molecule has 38 heavy (non-hydrogen) atoms. The van der Waals surface area contributed by atoms with Crippen molar-refractivity contribution in [2.75, 3.05) is 13.2 Å². The van der Waals surface area contributed by atoms with E-state index in [4.69, 9.17) is 19.3 Å². The zero-order valence-corrected chi connectivity index (χ0v) is 21.9. The molecule has 5 atom stereocenters. The van der Waals surface area contributed by atoms with Crippen molar-refractivity contribution in [2.24, 2.45) is 22.7 Å². The van der Waals surface area contributed by atoms with Crippen LogP contribution in [0.25, 0.3) is 0 Å². The number of carbonyl (C=O) groups excluding carboxylic acids is 4. The van der Waals surface area contributed by atoms with Crippen LogP contribution in [0.1, 0.15) is 65.2 Å². The van der Waals surface area contributed by atoms with Crippen LogP contribution in [0, 0.1) is 22.7 Å². The lowest BCUT2D eigenvalue weighted by atomic mass is 9.46. The Morgan fingerprint density at radius 3 is 2.50 bits per heavy atom. The number of carboxylic acids is 2. The molecule has 2 fully saturated rings.